The Morgan fingerprint density at radius 2 is 2.21 bits per heavy atom. The van der Waals surface area contributed by atoms with E-state index < -0.39 is 0 Å². The van der Waals surface area contributed by atoms with E-state index in [0.29, 0.717) is 12.4 Å². The number of para-hydroxylation sites is 1. The van der Waals surface area contributed by atoms with E-state index in [1.54, 1.807) is 0 Å². The van der Waals surface area contributed by atoms with Crippen molar-refractivity contribution in [3.8, 4) is 0 Å². The molecule has 2 aromatic heterocycles. The van der Waals surface area contributed by atoms with Gasteiger partial charge in [-0.05, 0) is 6.07 Å². The lowest BCUT2D eigenvalue weighted by atomic mass is 10.2. The van der Waals surface area contributed by atoms with E-state index in [2.05, 4.69) is 25.0 Å². The number of aromatic nitrogens is 3. The Kier molecular flexibility index (Phi) is 3.48. The zero-order chi connectivity index (χ0) is 13.1. The molecule has 0 saturated heterocycles. The van der Waals surface area contributed by atoms with Gasteiger partial charge in [-0.2, -0.15) is 4.98 Å². The van der Waals surface area contributed by atoms with Crippen LogP contribution < -0.4 is 5.32 Å². The molecule has 0 aliphatic rings. The monoisotopic (exact) mass is 276 g/mol. The van der Waals surface area contributed by atoms with Crippen molar-refractivity contribution in [2.75, 3.05) is 6.54 Å². The lowest BCUT2D eigenvalue weighted by Crippen LogP contribution is -2.17. The fourth-order valence-electron chi connectivity index (χ4n) is 2.00. The maximum Gasteiger partial charge on any atom is 0.213 e. The number of fused-ring (bicyclic) bond motifs is 1. The lowest BCUT2D eigenvalue weighted by molar-refractivity contribution is 0.409. The molecule has 3 rings (SSSR count). The number of nitrogens with zero attached hydrogens (tertiary/aromatic N) is 2. The van der Waals surface area contributed by atoms with E-state index in [4.69, 9.17) is 11.6 Å². The van der Waals surface area contributed by atoms with Crippen LogP contribution in [0.4, 0.5) is 0 Å². The molecule has 0 atom stereocenters. The molecule has 0 aliphatic carbocycles. The van der Waals surface area contributed by atoms with Gasteiger partial charge in [-0.1, -0.05) is 35.0 Å². The molecule has 0 aliphatic heterocycles. The van der Waals surface area contributed by atoms with Crippen molar-refractivity contribution in [3.05, 3.63) is 47.2 Å². The lowest BCUT2D eigenvalue weighted by Gasteiger charge is -2.01. The molecule has 6 heteroatoms. The van der Waals surface area contributed by atoms with E-state index in [9.17, 15) is 0 Å². The van der Waals surface area contributed by atoms with Crippen molar-refractivity contribution < 1.29 is 4.52 Å². The van der Waals surface area contributed by atoms with Gasteiger partial charge in [0.15, 0.2) is 5.82 Å². The molecule has 2 heterocycles. The number of H-pyrrole nitrogens is 1. The number of aromatic amines is 1. The summed E-state index contributed by atoms with van der Waals surface area (Å²) in [6.45, 7) is 1.45. The third kappa shape index (κ3) is 2.62. The molecule has 0 radical (unpaired) electrons. The second-order valence-corrected chi connectivity index (χ2v) is 4.62. The summed E-state index contributed by atoms with van der Waals surface area (Å²) >= 11 is 6.32. The first-order valence-electron chi connectivity index (χ1n) is 6.05. The van der Waals surface area contributed by atoms with Crippen LogP contribution in [0.2, 0.25) is 5.02 Å². The Balaban J connectivity index is 1.61. The molecule has 0 fully saturated rings. The van der Waals surface area contributed by atoms with E-state index in [1.807, 2.05) is 24.3 Å². The van der Waals surface area contributed by atoms with Crippen molar-refractivity contribution in [1.29, 1.82) is 0 Å². The van der Waals surface area contributed by atoms with E-state index >= 15 is 0 Å². The van der Waals surface area contributed by atoms with Gasteiger partial charge in [-0.25, -0.2) is 0 Å². The van der Waals surface area contributed by atoms with Gasteiger partial charge in [0.1, 0.15) is 0 Å². The Labute approximate surface area is 115 Å². The first-order valence-corrected chi connectivity index (χ1v) is 6.43. The Bertz CT molecular complexity index is 662. The Hall–Kier alpha value is -1.85. The minimum Gasteiger partial charge on any atom is -0.356 e. The molecule has 19 heavy (non-hydrogen) atoms. The van der Waals surface area contributed by atoms with Gasteiger partial charge < -0.3 is 14.8 Å². The summed E-state index contributed by atoms with van der Waals surface area (Å²) < 4.78 is 4.67. The number of rotatable bonds is 5. The molecule has 5 nitrogen and oxygen atoms in total. The standard InChI is InChI=1S/C13H13ClN4O/c14-13-9-3-1-2-4-10(9)17-11(13)7-15-6-5-12-16-8-19-18-12/h1-4,8,15,17H,5-7H2. The highest BCUT2D eigenvalue weighted by Gasteiger charge is 2.08. The quantitative estimate of drug-likeness (QED) is 0.703. The number of halogens is 1. The molecule has 0 bridgehead atoms. The number of hydrogen-bond donors (Lipinski definition) is 2. The average Bonchev–Trinajstić information content (AvgIpc) is 3.04. The molecular formula is C13H13ClN4O. The predicted molar refractivity (Wildman–Crippen MR) is 73.0 cm³/mol. The highest BCUT2D eigenvalue weighted by Crippen LogP contribution is 2.26. The summed E-state index contributed by atoms with van der Waals surface area (Å²) in [7, 11) is 0. The molecule has 2 N–H and O–H groups in total. The summed E-state index contributed by atoms with van der Waals surface area (Å²) in [6.07, 6.45) is 2.07. The van der Waals surface area contributed by atoms with Crippen molar-refractivity contribution in [2.24, 2.45) is 0 Å². The summed E-state index contributed by atoms with van der Waals surface area (Å²) in [6, 6.07) is 8.00. The topological polar surface area (TPSA) is 66.7 Å². The summed E-state index contributed by atoms with van der Waals surface area (Å²) in [5.41, 5.74) is 2.05. The fraction of sp³-hybridized carbons (Fsp3) is 0.231. The molecular weight excluding hydrogens is 264 g/mol. The Morgan fingerprint density at radius 3 is 3.00 bits per heavy atom. The molecule has 1 aromatic carbocycles. The fourth-order valence-corrected chi connectivity index (χ4v) is 2.28. The number of hydrogen-bond acceptors (Lipinski definition) is 4. The van der Waals surface area contributed by atoms with Crippen molar-refractivity contribution in [2.45, 2.75) is 13.0 Å². The predicted octanol–water partition coefficient (Wildman–Crippen LogP) is 2.54. The van der Waals surface area contributed by atoms with Gasteiger partial charge >= 0.3 is 0 Å². The van der Waals surface area contributed by atoms with Crippen LogP contribution in [0.3, 0.4) is 0 Å². The van der Waals surface area contributed by atoms with Crippen LogP contribution in [0.25, 0.3) is 10.9 Å². The smallest absolute Gasteiger partial charge is 0.213 e. The average molecular weight is 277 g/mol. The zero-order valence-corrected chi connectivity index (χ0v) is 10.9. The molecule has 3 aromatic rings. The van der Waals surface area contributed by atoms with Crippen LogP contribution in [-0.2, 0) is 13.0 Å². The first-order chi connectivity index (χ1) is 9.34. The van der Waals surface area contributed by atoms with Crippen molar-refractivity contribution >= 4 is 22.5 Å². The maximum absolute atomic E-state index is 6.32. The van der Waals surface area contributed by atoms with Gasteiger partial charge in [0.25, 0.3) is 0 Å². The second-order valence-electron chi connectivity index (χ2n) is 4.24. The highest BCUT2D eigenvalue weighted by molar-refractivity contribution is 6.36. The molecule has 0 amide bonds. The van der Waals surface area contributed by atoms with Crippen LogP contribution in [0.15, 0.2) is 35.2 Å². The summed E-state index contributed by atoms with van der Waals surface area (Å²) in [4.78, 5) is 7.27. The SMILES string of the molecule is Clc1c(CNCCc2ncon2)[nH]c2ccccc12. The third-order valence-electron chi connectivity index (χ3n) is 2.95. The Morgan fingerprint density at radius 1 is 1.32 bits per heavy atom. The molecule has 0 saturated carbocycles. The van der Waals surface area contributed by atoms with Gasteiger partial charge in [-0.3, -0.25) is 0 Å². The van der Waals surface area contributed by atoms with Crippen LogP contribution in [0.1, 0.15) is 11.5 Å². The molecule has 98 valence electrons. The van der Waals surface area contributed by atoms with Crippen LogP contribution in [0, 0.1) is 0 Å². The van der Waals surface area contributed by atoms with E-state index in [0.717, 1.165) is 34.6 Å². The summed E-state index contributed by atoms with van der Waals surface area (Å²) in [5.74, 6) is 0.704. The second kappa shape index (κ2) is 5.42. The number of benzene rings is 1. The minimum absolute atomic E-state index is 0.686. The minimum atomic E-state index is 0.686. The first kappa shape index (κ1) is 12.2. The number of nitrogens with one attached hydrogen (secondary N) is 2. The van der Waals surface area contributed by atoms with Crippen molar-refractivity contribution in [1.82, 2.24) is 20.4 Å². The largest absolute Gasteiger partial charge is 0.356 e. The molecule has 0 spiro atoms. The van der Waals surface area contributed by atoms with Crippen LogP contribution in [0.5, 0.6) is 0 Å². The van der Waals surface area contributed by atoms with Gasteiger partial charge in [-0.15, -0.1) is 0 Å². The normalized spacial score (nSPS) is 11.2. The highest BCUT2D eigenvalue weighted by atomic mass is 35.5. The zero-order valence-electron chi connectivity index (χ0n) is 10.2. The van der Waals surface area contributed by atoms with Crippen LogP contribution in [-0.4, -0.2) is 21.7 Å². The van der Waals surface area contributed by atoms with Gasteiger partial charge in [0.2, 0.25) is 6.39 Å². The maximum atomic E-state index is 6.32. The van der Waals surface area contributed by atoms with Gasteiger partial charge in [0.05, 0.1) is 5.02 Å². The molecule has 0 unspecified atom stereocenters. The van der Waals surface area contributed by atoms with E-state index in [-0.39, 0.29) is 0 Å². The van der Waals surface area contributed by atoms with E-state index in [1.165, 1.54) is 6.39 Å². The third-order valence-corrected chi connectivity index (χ3v) is 3.38. The van der Waals surface area contributed by atoms with Crippen LogP contribution >= 0.6 is 11.6 Å². The van der Waals surface area contributed by atoms with Gasteiger partial charge in [0, 0.05) is 36.1 Å². The van der Waals surface area contributed by atoms with Crippen molar-refractivity contribution in [3.63, 3.8) is 0 Å². The summed E-state index contributed by atoms with van der Waals surface area (Å²) in [5, 5.41) is 8.89.